The summed E-state index contributed by atoms with van der Waals surface area (Å²) in [5, 5.41) is 6.52. The molecule has 4 aromatic rings. The van der Waals surface area contributed by atoms with E-state index in [0.717, 1.165) is 10.6 Å². The Hall–Kier alpha value is -2.42. The number of hydrogen-bond acceptors (Lipinski definition) is 6. The van der Waals surface area contributed by atoms with Crippen LogP contribution >= 0.6 is 11.3 Å². The Balaban J connectivity index is 1.45. The molecule has 0 radical (unpaired) electrons. The average Bonchev–Trinajstić information content (AvgIpc) is 3.34. The Morgan fingerprint density at radius 2 is 1.96 bits per heavy atom. The van der Waals surface area contributed by atoms with Gasteiger partial charge in [-0.1, -0.05) is 23.4 Å². The lowest BCUT2D eigenvalue weighted by molar-refractivity contribution is 0.448. The van der Waals surface area contributed by atoms with Crippen molar-refractivity contribution in [3.63, 3.8) is 0 Å². The number of sulfonamides is 1. The van der Waals surface area contributed by atoms with Gasteiger partial charge in [0.1, 0.15) is 23.0 Å². The van der Waals surface area contributed by atoms with E-state index in [0.29, 0.717) is 22.4 Å². The van der Waals surface area contributed by atoms with Crippen molar-refractivity contribution in [1.29, 1.82) is 0 Å². The first-order valence-electron chi connectivity index (χ1n) is 7.54. The summed E-state index contributed by atoms with van der Waals surface area (Å²) in [4.78, 5) is 1.00. The summed E-state index contributed by atoms with van der Waals surface area (Å²) in [5.41, 5.74) is 0.959. The van der Waals surface area contributed by atoms with E-state index in [1.165, 1.54) is 0 Å². The van der Waals surface area contributed by atoms with Crippen LogP contribution in [-0.2, 0) is 22.3 Å². The highest BCUT2D eigenvalue weighted by Crippen LogP contribution is 2.26. The molecule has 128 valence electrons. The number of para-hydroxylation sites is 1. The molecular weight excluding hydrogens is 360 g/mol. The maximum absolute atomic E-state index is 12.3. The van der Waals surface area contributed by atoms with Crippen LogP contribution in [0.1, 0.15) is 11.5 Å². The molecule has 8 heteroatoms. The Labute approximate surface area is 148 Å². The van der Waals surface area contributed by atoms with E-state index in [2.05, 4.69) is 9.88 Å². The lowest BCUT2D eigenvalue weighted by Crippen LogP contribution is -2.24. The zero-order chi connectivity index (χ0) is 17.3. The maximum Gasteiger partial charge on any atom is 0.217 e. The summed E-state index contributed by atoms with van der Waals surface area (Å²) in [5.74, 6) is 1.03. The molecule has 0 aliphatic rings. The van der Waals surface area contributed by atoms with Crippen molar-refractivity contribution in [3.05, 3.63) is 65.4 Å². The first-order valence-corrected chi connectivity index (χ1v) is 10.1. The van der Waals surface area contributed by atoms with Gasteiger partial charge in [0, 0.05) is 5.39 Å². The first kappa shape index (κ1) is 16.1. The van der Waals surface area contributed by atoms with Crippen LogP contribution in [-0.4, -0.2) is 13.6 Å². The molecule has 0 saturated carbocycles. The predicted octanol–water partition coefficient (Wildman–Crippen LogP) is 3.77. The van der Waals surface area contributed by atoms with Crippen molar-refractivity contribution < 1.29 is 17.4 Å². The van der Waals surface area contributed by atoms with Gasteiger partial charge in [0.15, 0.2) is 5.58 Å². The quantitative estimate of drug-likeness (QED) is 0.555. The van der Waals surface area contributed by atoms with Gasteiger partial charge in [0.25, 0.3) is 0 Å². The van der Waals surface area contributed by atoms with Gasteiger partial charge in [-0.2, -0.15) is 0 Å². The molecule has 4 rings (SSSR count). The zero-order valence-corrected chi connectivity index (χ0v) is 14.6. The summed E-state index contributed by atoms with van der Waals surface area (Å²) >= 11 is 1.57. The molecule has 25 heavy (non-hydrogen) atoms. The highest BCUT2D eigenvalue weighted by Gasteiger charge is 2.18. The van der Waals surface area contributed by atoms with Crippen molar-refractivity contribution in [1.82, 2.24) is 9.88 Å². The van der Waals surface area contributed by atoms with Crippen LogP contribution in [0.25, 0.3) is 21.6 Å². The van der Waals surface area contributed by atoms with E-state index in [-0.39, 0.29) is 12.3 Å². The van der Waals surface area contributed by atoms with Crippen molar-refractivity contribution >= 4 is 32.3 Å². The normalized spacial score (nSPS) is 12.0. The second-order valence-electron chi connectivity index (χ2n) is 5.45. The average molecular weight is 374 g/mol. The molecule has 6 nitrogen and oxygen atoms in total. The van der Waals surface area contributed by atoms with Crippen molar-refractivity contribution in [2.75, 3.05) is 0 Å². The van der Waals surface area contributed by atoms with Gasteiger partial charge < -0.3 is 8.94 Å². The second-order valence-corrected chi connectivity index (χ2v) is 8.20. The standard InChI is InChI=1S/C17H14N2O4S2/c20-25(21,11-14-13-4-1-2-5-15(13)23-19-14)18-10-12-7-8-16(22-12)17-6-3-9-24-17/h1-9,18H,10-11H2. The van der Waals surface area contributed by atoms with Crippen LogP contribution < -0.4 is 4.72 Å². The number of rotatable bonds is 6. The van der Waals surface area contributed by atoms with Crippen LogP contribution in [0.15, 0.2) is 62.9 Å². The molecule has 0 aliphatic heterocycles. The number of furan rings is 1. The smallest absolute Gasteiger partial charge is 0.217 e. The van der Waals surface area contributed by atoms with Gasteiger partial charge >= 0.3 is 0 Å². The van der Waals surface area contributed by atoms with Gasteiger partial charge in [-0.05, 0) is 35.7 Å². The van der Waals surface area contributed by atoms with Crippen LogP contribution in [0.2, 0.25) is 0 Å². The van der Waals surface area contributed by atoms with Gasteiger partial charge in [0.05, 0.1) is 11.4 Å². The lowest BCUT2D eigenvalue weighted by atomic mass is 10.2. The van der Waals surface area contributed by atoms with Crippen molar-refractivity contribution in [3.8, 4) is 10.6 Å². The molecule has 0 unspecified atom stereocenters. The number of thiophene rings is 1. The summed E-state index contributed by atoms with van der Waals surface area (Å²) < 4.78 is 38.0. The molecule has 3 aromatic heterocycles. The molecule has 0 atom stereocenters. The molecule has 0 fully saturated rings. The third-order valence-corrected chi connectivity index (χ3v) is 5.79. The molecule has 0 bridgehead atoms. The lowest BCUT2D eigenvalue weighted by Gasteiger charge is -2.03. The molecule has 3 heterocycles. The molecular formula is C17H14N2O4S2. The van der Waals surface area contributed by atoms with Gasteiger partial charge in [-0.3, -0.25) is 0 Å². The highest BCUT2D eigenvalue weighted by molar-refractivity contribution is 7.88. The monoisotopic (exact) mass is 374 g/mol. The van der Waals surface area contributed by atoms with Gasteiger partial charge in [0.2, 0.25) is 10.0 Å². The summed E-state index contributed by atoms with van der Waals surface area (Å²) in [6.07, 6.45) is 0. The Morgan fingerprint density at radius 1 is 1.08 bits per heavy atom. The molecule has 0 spiro atoms. The minimum atomic E-state index is -3.57. The molecule has 0 saturated heterocycles. The number of nitrogens with zero attached hydrogens (tertiary/aromatic N) is 1. The fourth-order valence-electron chi connectivity index (χ4n) is 2.48. The Kier molecular flexibility index (Phi) is 4.16. The van der Waals surface area contributed by atoms with E-state index in [1.807, 2.05) is 35.7 Å². The zero-order valence-electron chi connectivity index (χ0n) is 13.0. The summed E-state index contributed by atoms with van der Waals surface area (Å²) in [6.45, 7) is 0.0868. The largest absolute Gasteiger partial charge is 0.459 e. The van der Waals surface area contributed by atoms with E-state index in [4.69, 9.17) is 8.94 Å². The summed E-state index contributed by atoms with van der Waals surface area (Å²) in [6, 6.07) is 14.7. The third kappa shape index (κ3) is 3.51. The highest BCUT2D eigenvalue weighted by atomic mass is 32.2. The summed E-state index contributed by atoms with van der Waals surface area (Å²) in [7, 11) is -3.57. The molecule has 1 aromatic carbocycles. The van der Waals surface area contributed by atoms with Crippen LogP contribution in [0.3, 0.4) is 0 Å². The van der Waals surface area contributed by atoms with Crippen molar-refractivity contribution in [2.45, 2.75) is 12.3 Å². The minimum Gasteiger partial charge on any atom is -0.459 e. The fourth-order valence-corrected chi connectivity index (χ4v) is 4.20. The molecule has 0 aliphatic carbocycles. The maximum atomic E-state index is 12.3. The third-order valence-electron chi connectivity index (χ3n) is 3.67. The molecule has 0 amide bonds. The van der Waals surface area contributed by atoms with Crippen LogP contribution in [0.5, 0.6) is 0 Å². The van der Waals surface area contributed by atoms with Crippen LogP contribution in [0.4, 0.5) is 0 Å². The number of hydrogen-bond donors (Lipinski definition) is 1. The van der Waals surface area contributed by atoms with Gasteiger partial charge in [-0.25, -0.2) is 13.1 Å². The van der Waals surface area contributed by atoms with E-state index in [1.54, 1.807) is 29.5 Å². The SMILES string of the molecule is O=S(=O)(Cc1noc2ccccc12)NCc1ccc(-c2cccs2)o1. The van der Waals surface area contributed by atoms with Gasteiger partial charge in [-0.15, -0.1) is 11.3 Å². The van der Waals surface area contributed by atoms with E-state index >= 15 is 0 Å². The predicted molar refractivity (Wildman–Crippen MR) is 95.5 cm³/mol. The van der Waals surface area contributed by atoms with E-state index < -0.39 is 10.0 Å². The Morgan fingerprint density at radius 3 is 2.80 bits per heavy atom. The Bertz CT molecular complexity index is 1090. The van der Waals surface area contributed by atoms with E-state index in [9.17, 15) is 8.42 Å². The van der Waals surface area contributed by atoms with Crippen molar-refractivity contribution in [2.24, 2.45) is 0 Å². The second kappa shape index (κ2) is 6.47. The van der Waals surface area contributed by atoms with Crippen LogP contribution in [0, 0.1) is 0 Å². The number of benzene rings is 1. The number of nitrogens with one attached hydrogen (secondary N) is 1. The molecule has 1 N–H and O–H groups in total. The minimum absolute atomic E-state index is 0.0868. The fraction of sp³-hybridized carbons (Fsp3) is 0.118. The number of fused-ring (bicyclic) bond motifs is 1. The number of aromatic nitrogens is 1. The first-order chi connectivity index (χ1) is 12.1. The topological polar surface area (TPSA) is 85.3 Å².